The lowest BCUT2D eigenvalue weighted by molar-refractivity contribution is -0.128. The fraction of sp³-hybridized carbons (Fsp3) is 0.263. The van der Waals surface area contributed by atoms with Crippen molar-refractivity contribution in [3.63, 3.8) is 0 Å². The summed E-state index contributed by atoms with van der Waals surface area (Å²) in [6.45, 7) is -0.103. The second-order valence-corrected chi connectivity index (χ2v) is 5.68. The number of hydrogen-bond acceptors (Lipinski definition) is 4. The number of likely N-dealkylation sites (N-methyl/N-ethyl adjacent to an activating group) is 1. The van der Waals surface area contributed by atoms with Gasteiger partial charge < -0.3 is 19.7 Å². The van der Waals surface area contributed by atoms with Crippen molar-refractivity contribution in [3.8, 4) is 11.5 Å². The van der Waals surface area contributed by atoms with Gasteiger partial charge in [-0.2, -0.15) is 0 Å². The van der Waals surface area contributed by atoms with Crippen molar-refractivity contribution in [1.29, 1.82) is 0 Å². The van der Waals surface area contributed by atoms with Crippen molar-refractivity contribution in [2.24, 2.45) is 0 Å². The molecule has 0 saturated heterocycles. The molecular formula is C19H22N2O4. The van der Waals surface area contributed by atoms with Crippen molar-refractivity contribution in [2.75, 3.05) is 33.1 Å². The van der Waals surface area contributed by atoms with Crippen LogP contribution < -0.4 is 14.8 Å². The van der Waals surface area contributed by atoms with E-state index in [0.29, 0.717) is 23.6 Å². The topological polar surface area (TPSA) is 67.9 Å². The number of nitrogens with zero attached hydrogens (tertiary/aromatic N) is 1. The molecule has 25 heavy (non-hydrogen) atoms. The van der Waals surface area contributed by atoms with Crippen LogP contribution in [0.5, 0.6) is 11.5 Å². The monoisotopic (exact) mass is 342 g/mol. The maximum atomic E-state index is 12.0. The number of hydrogen-bond donors (Lipinski definition) is 1. The third kappa shape index (κ3) is 5.84. The normalized spacial score (nSPS) is 10.0. The molecule has 0 spiro atoms. The first-order valence-corrected chi connectivity index (χ1v) is 7.83. The number of nitrogens with one attached hydrogen (secondary N) is 1. The Morgan fingerprint density at radius 1 is 1.04 bits per heavy atom. The fourth-order valence-electron chi connectivity index (χ4n) is 2.08. The Hall–Kier alpha value is -3.02. The number of anilines is 1. The molecule has 0 unspecified atom stereocenters. The van der Waals surface area contributed by atoms with Crippen LogP contribution in [0.25, 0.3) is 0 Å². The fourth-order valence-corrected chi connectivity index (χ4v) is 2.08. The molecule has 132 valence electrons. The maximum Gasteiger partial charge on any atom is 0.262 e. The first-order valence-electron chi connectivity index (χ1n) is 7.83. The first-order chi connectivity index (χ1) is 12.0. The smallest absolute Gasteiger partial charge is 0.262 e. The Morgan fingerprint density at radius 2 is 1.72 bits per heavy atom. The Labute approximate surface area is 147 Å². The lowest BCUT2D eigenvalue weighted by Crippen LogP contribution is -2.23. The lowest BCUT2D eigenvalue weighted by Gasteiger charge is -2.11. The number of ether oxygens (including phenoxy) is 2. The average molecular weight is 342 g/mol. The van der Waals surface area contributed by atoms with E-state index < -0.39 is 0 Å². The summed E-state index contributed by atoms with van der Waals surface area (Å²) in [5.41, 5.74) is 1.55. The Bertz CT molecular complexity index is 726. The number of carbonyl (C=O) groups excluding carboxylic acids is 2. The summed E-state index contributed by atoms with van der Waals surface area (Å²) in [5, 5.41) is 2.75. The largest absolute Gasteiger partial charge is 0.497 e. The molecule has 0 bridgehead atoms. The van der Waals surface area contributed by atoms with Gasteiger partial charge in [0.2, 0.25) is 5.91 Å². The van der Waals surface area contributed by atoms with Gasteiger partial charge in [0, 0.05) is 25.8 Å². The van der Waals surface area contributed by atoms with Crippen molar-refractivity contribution in [3.05, 3.63) is 54.1 Å². The minimum absolute atomic E-state index is 0.0310. The molecule has 2 aromatic rings. The van der Waals surface area contributed by atoms with Gasteiger partial charge >= 0.3 is 0 Å². The predicted molar refractivity (Wildman–Crippen MR) is 96.0 cm³/mol. The molecule has 0 aliphatic carbocycles. The Balaban J connectivity index is 1.84. The quantitative estimate of drug-likeness (QED) is 0.839. The zero-order chi connectivity index (χ0) is 18.2. The summed E-state index contributed by atoms with van der Waals surface area (Å²) in [4.78, 5) is 25.2. The number of benzene rings is 2. The number of rotatable bonds is 7. The lowest BCUT2D eigenvalue weighted by atomic mass is 10.1. The third-order valence-electron chi connectivity index (χ3n) is 3.50. The summed E-state index contributed by atoms with van der Waals surface area (Å²) < 4.78 is 10.5. The SMILES string of the molecule is COc1cccc(OCC(=O)Nc2ccc(CC(=O)N(C)C)cc2)c1. The highest BCUT2D eigenvalue weighted by molar-refractivity contribution is 5.92. The second kappa shape index (κ2) is 8.73. The van der Waals surface area contributed by atoms with Gasteiger partial charge in [-0.15, -0.1) is 0 Å². The maximum absolute atomic E-state index is 12.0. The summed E-state index contributed by atoms with van der Waals surface area (Å²) in [5.74, 6) is 0.997. The summed E-state index contributed by atoms with van der Waals surface area (Å²) in [7, 11) is 5.01. The van der Waals surface area contributed by atoms with Crippen LogP contribution >= 0.6 is 0 Å². The van der Waals surface area contributed by atoms with Gasteiger partial charge in [-0.1, -0.05) is 18.2 Å². The van der Waals surface area contributed by atoms with Crippen LogP contribution in [0.4, 0.5) is 5.69 Å². The van der Waals surface area contributed by atoms with Gasteiger partial charge in [-0.25, -0.2) is 0 Å². The number of methoxy groups -OCH3 is 1. The van der Waals surface area contributed by atoms with E-state index in [1.54, 1.807) is 62.5 Å². The zero-order valence-corrected chi connectivity index (χ0v) is 14.6. The van der Waals surface area contributed by atoms with Crippen LogP contribution in [0, 0.1) is 0 Å². The molecule has 0 aliphatic rings. The van der Waals surface area contributed by atoms with Gasteiger partial charge in [0.1, 0.15) is 11.5 Å². The van der Waals surface area contributed by atoms with Crippen molar-refractivity contribution in [1.82, 2.24) is 4.90 Å². The summed E-state index contributed by atoms with van der Waals surface area (Å²) in [6.07, 6.45) is 0.334. The minimum atomic E-state index is -0.264. The molecule has 2 amide bonds. The molecule has 2 aromatic carbocycles. The molecule has 6 heteroatoms. The van der Waals surface area contributed by atoms with Crippen LogP contribution in [0.2, 0.25) is 0 Å². The molecular weight excluding hydrogens is 320 g/mol. The molecule has 0 saturated carbocycles. The molecule has 0 atom stereocenters. The summed E-state index contributed by atoms with van der Waals surface area (Å²) >= 11 is 0. The van der Waals surface area contributed by atoms with Crippen molar-refractivity contribution < 1.29 is 19.1 Å². The molecule has 0 fully saturated rings. The van der Waals surface area contributed by atoms with Crippen LogP contribution in [0.1, 0.15) is 5.56 Å². The molecule has 0 aliphatic heterocycles. The highest BCUT2D eigenvalue weighted by Gasteiger charge is 2.07. The first kappa shape index (κ1) is 18.3. The third-order valence-corrected chi connectivity index (χ3v) is 3.50. The van der Waals surface area contributed by atoms with Gasteiger partial charge in [0.15, 0.2) is 6.61 Å². The van der Waals surface area contributed by atoms with Crippen molar-refractivity contribution >= 4 is 17.5 Å². The van der Waals surface area contributed by atoms with Gasteiger partial charge in [0.05, 0.1) is 13.5 Å². The van der Waals surface area contributed by atoms with Gasteiger partial charge in [-0.05, 0) is 29.8 Å². The molecule has 1 N–H and O–H groups in total. The summed E-state index contributed by atoms with van der Waals surface area (Å²) in [6, 6.07) is 14.2. The van der Waals surface area contributed by atoms with Crippen LogP contribution in [0.3, 0.4) is 0 Å². The predicted octanol–water partition coefficient (Wildman–Crippen LogP) is 2.34. The van der Waals surface area contributed by atoms with Gasteiger partial charge in [-0.3, -0.25) is 9.59 Å². The van der Waals surface area contributed by atoms with E-state index in [4.69, 9.17) is 9.47 Å². The van der Waals surface area contributed by atoms with E-state index in [-0.39, 0.29) is 18.4 Å². The molecule has 0 aromatic heterocycles. The number of carbonyl (C=O) groups is 2. The molecule has 0 heterocycles. The Morgan fingerprint density at radius 3 is 2.36 bits per heavy atom. The second-order valence-electron chi connectivity index (χ2n) is 5.68. The van der Waals surface area contributed by atoms with E-state index in [0.717, 1.165) is 5.56 Å². The Kier molecular flexibility index (Phi) is 6.39. The van der Waals surface area contributed by atoms with Crippen molar-refractivity contribution in [2.45, 2.75) is 6.42 Å². The highest BCUT2D eigenvalue weighted by Crippen LogP contribution is 2.18. The molecule has 2 rings (SSSR count). The zero-order valence-electron chi connectivity index (χ0n) is 14.6. The van der Waals surface area contributed by atoms with Crippen LogP contribution in [-0.2, 0) is 16.0 Å². The van der Waals surface area contributed by atoms with Crippen LogP contribution in [-0.4, -0.2) is 44.5 Å². The van der Waals surface area contributed by atoms with E-state index in [9.17, 15) is 9.59 Å². The van der Waals surface area contributed by atoms with Gasteiger partial charge in [0.25, 0.3) is 5.91 Å². The average Bonchev–Trinajstić information content (AvgIpc) is 2.61. The van der Waals surface area contributed by atoms with E-state index >= 15 is 0 Å². The highest BCUT2D eigenvalue weighted by atomic mass is 16.5. The number of amides is 2. The standard InChI is InChI=1S/C19H22N2O4/c1-21(2)19(23)11-14-7-9-15(10-8-14)20-18(22)13-25-17-6-4-5-16(12-17)24-3/h4-10,12H,11,13H2,1-3H3,(H,20,22). The van der Waals surface area contributed by atoms with E-state index in [1.807, 2.05) is 12.1 Å². The molecule has 0 radical (unpaired) electrons. The van der Waals surface area contributed by atoms with E-state index in [2.05, 4.69) is 5.32 Å². The molecule has 6 nitrogen and oxygen atoms in total. The minimum Gasteiger partial charge on any atom is -0.497 e. The van der Waals surface area contributed by atoms with E-state index in [1.165, 1.54) is 0 Å². The van der Waals surface area contributed by atoms with Crippen LogP contribution in [0.15, 0.2) is 48.5 Å².